The Labute approximate surface area is 110 Å². The van der Waals surface area contributed by atoms with Crippen molar-refractivity contribution in [2.45, 2.75) is 25.7 Å². The Balaban J connectivity index is 1.90. The first-order valence-corrected chi connectivity index (χ1v) is 6.28. The number of nitrogens with one attached hydrogen (secondary N) is 1. The number of amides is 1. The highest BCUT2D eigenvalue weighted by Gasteiger charge is 2.14. The predicted molar refractivity (Wildman–Crippen MR) is 67.3 cm³/mol. The van der Waals surface area contributed by atoms with Gasteiger partial charge in [-0.2, -0.15) is 0 Å². The van der Waals surface area contributed by atoms with Crippen molar-refractivity contribution in [1.29, 1.82) is 0 Å². The molecular formula is C13H16N2O4. The van der Waals surface area contributed by atoms with Crippen LogP contribution in [0.25, 0.3) is 0 Å². The molecule has 0 saturated heterocycles. The van der Waals surface area contributed by atoms with Crippen LogP contribution in [0.4, 0.5) is 0 Å². The second kappa shape index (κ2) is 6.17. The number of hydrogen-bond donors (Lipinski definition) is 2. The number of hydrogen-bond acceptors (Lipinski definition) is 4. The largest absolute Gasteiger partial charge is 0.492 e. The average molecular weight is 264 g/mol. The minimum Gasteiger partial charge on any atom is -0.492 e. The van der Waals surface area contributed by atoms with Gasteiger partial charge in [-0.25, -0.2) is 4.98 Å². The Morgan fingerprint density at radius 2 is 2.32 bits per heavy atom. The molecule has 1 aromatic rings. The minimum atomic E-state index is -0.863. The summed E-state index contributed by atoms with van der Waals surface area (Å²) in [6.07, 6.45) is 3.86. The molecule has 0 unspecified atom stereocenters. The quantitative estimate of drug-likeness (QED) is 0.774. The molecule has 102 valence electrons. The first kappa shape index (κ1) is 13.3. The standard InChI is InChI=1S/C13H16N2O4/c16-12(17)4-1-5-14-13(18)10-7-9-3-2-6-19-11(9)8-15-10/h7-8H,1-6H2,(H,14,18)(H,16,17). The molecule has 6 heteroatoms. The van der Waals surface area contributed by atoms with E-state index in [1.54, 1.807) is 12.3 Å². The minimum absolute atomic E-state index is 0.0474. The Kier molecular flexibility index (Phi) is 4.33. The van der Waals surface area contributed by atoms with Gasteiger partial charge in [0.15, 0.2) is 0 Å². The van der Waals surface area contributed by atoms with Crippen LogP contribution >= 0.6 is 0 Å². The van der Waals surface area contributed by atoms with Gasteiger partial charge in [0, 0.05) is 13.0 Å². The van der Waals surface area contributed by atoms with Crippen LogP contribution in [-0.4, -0.2) is 35.1 Å². The third kappa shape index (κ3) is 3.67. The lowest BCUT2D eigenvalue weighted by Crippen LogP contribution is -2.26. The third-order valence-electron chi connectivity index (χ3n) is 2.88. The second-order valence-electron chi connectivity index (χ2n) is 4.38. The molecule has 1 aliphatic rings. The molecule has 0 radical (unpaired) electrons. The second-order valence-corrected chi connectivity index (χ2v) is 4.38. The summed E-state index contributed by atoms with van der Waals surface area (Å²) >= 11 is 0. The lowest BCUT2D eigenvalue weighted by atomic mass is 10.1. The van der Waals surface area contributed by atoms with E-state index in [-0.39, 0.29) is 12.3 Å². The first-order chi connectivity index (χ1) is 9.16. The molecule has 0 fully saturated rings. The van der Waals surface area contributed by atoms with E-state index < -0.39 is 5.97 Å². The van der Waals surface area contributed by atoms with Gasteiger partial charge in [-0.1, -0.05) is 0 Å². The van der Waals surface area contributed by atoms with Crippen LogP contribution in [0.3, 0.4) is 0 Å². The number of carbonyl (C=O) groups is 2. The molecule has 1 aliphatic heterocycles. The van der Waals surface area contributed by atoms with Gasteiger partial charge < -0.3 is 15.2 Å². The molecule has 0 aromatic carbocycles. The highest BCUT2D eigenvalue weighted by Crippen LogP contribution is 2.23. The Morgan fingerprint density at radius 1 is 1.47 bits per heavy atom. The maximum atomic E-state index is 11.8. The van der Waals surface area contributed by atoms with Crippen molar-refractivity contribution in [2.24, 2.45) is 0 Å². The molecule has 0 atom stereocenters. The number of pyridine rings is 1. The average Bonchev–Trinajstić information content (AvgIpc) is 2.42. The molecule has 2 rings (SSSR count). The number of carboxylic acid groups (broad SMARTS) is 1. The van der Waals surface area contributed by atoms with Crippen LogP contribution in [-0.2, 0) is 11.2 Å². The van der Waals surface area contributed by atoms with E-state index in [4.69, 9.17) is 9.84 Å². The van der Waals surface area contributed by atoms with E-state index in [2.05, 4.69) is 10.3 Å². The molecule has 6 nitrogen and oxygen atoms in total. The van der Waals surface area contributed by atoms with Crippen LogP contribution in [0, 0.1) is 0 Å². The monoisotopic (exact) mass is 264 g/mol. The fourth-order valence-electron chi connectivity index (χ4n) is 1.91. The van der Waals surface area contributed by atoms with E-state index in [9.17, 15) is 9.59 Å². The molecule has 0 spiro atoms. The van der Waals surface area contributed by atoms with Crippen molar-refractivity contribution in [3.05, 3.63) is 23.5 Å². The molecule has 1 aromatic heterocycles. The van der Waals surface area contributed by atoms with Gasteiger partial charge in [0.05, 0.1) is 12.8 Å². The number of nitrogens with zero attached hydrogens (tertiary/aromatic N) is 1. The summed E-state index contributed by atoms with van der Waals surface area (Å²) in [6.45, 7) is 1.02. The summed E-state index contributed by atoms with van der Waals surface area (Å²) in [7, 11) is 0. The van der Waals surface area contributed by atoms with Crippen LogP contribution in [0.15, 0.2) is 12.3 Å². The highest BCUT2D eigenvalue weighted by molar-refractivity contribution is 5.92. The molecule has 2 heterocycles. The van der Waals surface area contributed by atoms with Crippen LogP contribution in [0.2, 0.25) is 0 Å². The van der Waals surface area contributed by atoms with Gasteiger partial charge in [-0.05, 0) is 30.9 Å². The van der Waals surface area contributed by atoms with E-state index in [0.717, 1.165) is 24.2 Å². The number of aryl methyl sites for hydroxylation is 1. The number of carbonyl (C=O) groups excluding carboxylic acids is 1. The van der Waals surface area contributed by atoms with Crippen LogP contribution < -0.4 is 10.1 Å². The Hall–Kier alpha value is -2.11. The number of aliphatic carboxylic acids is 1. The molecule has 2 N–H and O–H groups in total. The summed E-state index contributed by atoms with van der Waals surface area (Å²) in [6, 6.07) is 1.74. The number of carboxylic acids is 1. The van der Waals surface area contributed by atoms with Gasteiger partial charge in [-0.15, -0.1) is 0 Å². The van der Waals surface area contributed by atoms with Gasteiger partial charge in [0.1, 0.15) is 11.4 Å². The van der Waals surface area contributed by atoms with Crippen LogP contribution in [0.1, 0.15) is 35.3 Å². The summed E-state index contributed by atoms with van der Waals surface area (Å²) in [4.78, 5) is 26.2. The van der Waals surface area contributed by atoms with Crippen LogP contribution in [0.5, 0.6) is 5.75 Å². The van der Waals surface area contributed by atoms with Gasteiger partial charge in [0.2, 0.25) is 0 Å². The topological polar surface area (TPSA) is 88.5 Å². The maximum Gasteiger partial charge on any atom is 0.303 e. The fraction of sp³-hybridized carbons (Fsp3) is 0.462. The van der Waals surface area contributed by atoms with Crippen molar-refractivity contribution in [3.8, 4) is 5.75 Å². The maximum absolute atomic E-state index is 11.8. The van der Waals surface area contributed by atoms with E-state index >= 15 is 0 Å². The van der Waals surface area contributed by atoms with Crippen molar-refractivity contribution < 1.29 is 19.4 Å². The normalized spacial score (nSPS) is 13.3. The lowest BCUT2D eigenvalue weighted by molar-refractivity contribution is -0.137. The van der Waals surface area contributed by atoms with Gasteiger partial charge >= 0.3 is 5.97 Å². The van der Waals surface area contributed by atoms with Crippen molar-refractivity contribution >= 4 is 11.9 Å². The zero-order chi connectivity index (χ0) is 13.7. The smallest absolute Gasteiger partial charge is 0.303 e. The Bertz CT molecular complexity index is 488. The van der Waals surface area contributed by atoms with E-state index in [1.807, 2.05) is 0 Å². The number of fused-ring (bicyclic) bond motifs is 1. The summed E-state index contributed by atoms with van der Waals surface area (Å²) in [5, 5.41) is 11.1. The molecule has 19 heavy (non-hydrogen) atoms. The zero-order valence-electron chi connectivity index (χ0n) is 10.5. The first-order valence-electron chi connectivity index (χ1n) is 6.28. The molecular weight excluding hydrogens is 248 g/mol. The number of aromatic nitrogens is 1. The molecule has 0 aliphatic carbocycles. The SMILES string of the molecule is O=C(O)CCCNC(=O)c1cc2c(cn1)OCCC2. The van der Waals surface area contributed by atoms with Gasteiger partial charge in [-0.3, -0.25) is 9.59 Å². The Morgan fingerprint density at radius 3 is 3.11 bits per heavy atom. The van der Waals surface area contributed by atoms with Crippen molar-refractivity contribution in [3.63, 3.8) is 0 Å². The lowest BCUT2D eigenvalue weighted by Gasteiger charge is -2.16. The predicted octanol–water partition coefficient (Wildman–Crippen LogP) is 1.00. The van der Waals surface area contributed by atoms with E-state index in [0.29, 0.717) is 25.3 Å². The van der Waals surface area contributed by atoms with E-state index in [1.165, 1.54) is 0 Å². The van der Waals surface area contributed by atoms with Gasteiger partial charge in [0.25, 0.3) is 5.91 Å². The summed E-state index contributed by atoms with van der Waals surface area (Å²) in [5.41, 5.74) is 1.34. The summed E-state index contributed by atoms with van der Waals surface area (Å²) < 4.78 is 5.42. The van der Waals surface area contributed by atoms with Crippen molar-refractivity contribution in [1.82, 2.24) is 10.3 Å². The number of ether oxygens (including phenoxy) is 1. The number of rotatable bonds is 5. The fourth-order valence-corrected chi connectivity index (χ4v) is 1.91. The summed E-state index contributed by atoms with van der Waals surface area (Å²) in [5.74, 6) is -0.397. The third-order valence-corrected chi connectivity index (χ3v) is 2.88. The zero-order valence-corrected chi connectivity index (χ0v) is 10.5. The molecule has 0 bridgehead atoms. The molecule has 0 saturated carbocycles. The van der Waals surface area contributed by atoms with Crippen molar-refractivity contribution in [2.75, 3.05) is 13.2 Å². The highest BCUT2D eigenvalue weighted by atomic mass is 16.5. The molecule has 1 amide bonds.